The number of hydrogen-bond donors (Lipinski definition) is 0. The molecule has 1 rings (SSSR count). The Bertz CT molecular complexity index is 359. The number of rotatable bonds is 4. The van der Waals surface area contributed by atoms with E-state index in [1.165, 1.54) is 0 Å². The molecule has 3 heteroatoms. The molecule has 0 aliphatic carbocycles. The van der Waals surface area contributed by atoms with Crippen molar-refractivity contribution in [1.82, 2.24) is 0 Å². The zero-order valence-electron chi connectivity index (χ0n) is 9.21. The SMILES string of the molecule is CCC(C)(C)Oc1ccc(Cl)cc1C=O. The van der Waals surface area contributed by atoms with Gasteiger partial charge in [0.1, 0.15) is 11.4 Å². The molecule has 1 aromatic rings. The summed E-state index contributed by atoms with van der Waals surface area (Å²) in [5.74, 6) is 0.584. The zero-order valence-corrected chi connectivity index (χ0v) is 9.97. The molecule has 0 saturated carbocycles. The highest BCUT2D eigenvalue weighted by Gasteiger charge is 2.18. The van der Waals surface area contributed by atoms with Crippen LogP contribution in [0.3, 0.4) is 0 Å². The van der Waals surface area contributed by atoms with E-state index in [-0.39, 0.29) is 5.60 Å². The molecule has 0 N–H and O–H groups in total. The molecule has 2 nitrogen and oxygen atoms in total. The minimum Gasteiger partial charge on any atom is -0.487 e. The standard InChI is InChI=1S/C12H15ClO2/c1-4-12(2,3)15-11-6-5-10(13)7-9(11)8-14/h5-8H,4H2,1-3H3. The maximum Gasteiger partial charge on any atom is 0.153 e. The highest BCUT2D eigenvalue weighted by Crippen LogP contribution is 2.26. The maximum atomic E-state index is 10.8. The average molecular weight is 227 g/mol. The first kappa shape index (κ1) is 12.1. The van der Waals surface area contributed by atoms with Crippen molar-refractivity contribution in [1.29, 1.82) is 0 Å². The van der Waals surface area contributed by atoms with Gasteiger partial charge >= 0.3 is 0 Å². The van der Waals surface area contributed by atoms with E-state index in [1.54, 1.807) is 18.2 Å². The lowest BCUT2D eigenvalue weighted by molar-refractivity contribution is 0.100. The Balaban J connectivity index is 2.99. The molecule has 0 fully saturated rings. The quantitative estimate of drug-likeness (QED) is 0.732. The largest absolute Gasteiger partial charge is 0.487 e. The molecule has 0 aliphatic heterocycles. The second-order valence-corrected chi connectivity index (χ2v) is 4.45. The van der Waals surface area contributed by atoms with Crippen LogP contribution in [0, 0.1) is 0 Å². The summed E-state index contributed by atoms with van der Waals surface area (Å²) in [6.07, 6.45) is 1.63. The molecule has 0 aromatic heterocycles. The van der Waals surface area contributed by atoms with Crippen LogP contribution >= 0.6 is 11.6 Å². The molecule has 0 atom stereocenters. The van der Waals surface area contributed by atoms with Crippen molar-refractivity contribution >= 4 is 17.9 Å². The highest BCUT2D eigenvalue weighted by atomic mass is 35.5. The lowest BCUT2D eigenvalue weighted by Crippen LogP contribution is -2.27. The lowest BCUT2D eigenvalue weighted by Gasteiger charge is -2.25. The van der Waals surface area contributed by atoms with Crippen LogP contribution in [-0.4, -0.2) is 11.9 Å². The number of ether oxygens (including phenoxy) is 1. The number of halogens is 1. The summed E-state index contributed by atoms with van der Waals surface area (Å²) in [7, 11) is 0. The molecule has 0 aliphatic rings. The Labute approximate surface area is 95.2 Å². The summed E-state index contributed by atoms with van der Waals surface area (Å²) in [6.45, 7) is 6.00. The fourth-order valence-electron chi connectivity index (χ4n) is 1.07. The molecular formula is C12H15ClO2. The average Bonchev–Trinajstić information content (AvgIpc) is 2.20. The Hall–Kier alpha value is -1.02. The summed E-state index contributed by atoms with van der Waals surface area (Å²) in [6, 6.07) is 5.05. The van der Waals surface area contributed by atoms with Gasteiger partial charge in [-0.2, -0.15) is 0 Å². The number of carbonyl (C=O) groups excluding carboxylic acids is 1. The summed E-state index contributed by atoms with van der Waals surface area (Å²) in [5, 5.41) is 0.541. The fourth-order valence-corrected chi connectivity index (χ4v) is 1.25. The molecular weight excluding hydrogens is 212 g/mol. The zero-order chi connectivity index (χ0) is 11.5. The van der Waals surface area contributed by atoms with Crippen molar-refractivity contribution in [3.63, 3.8) is 0 Å². The fraction of sp³-hybridized carbons (Fsp3) is 0.417. The number of hydrogen-bond acceptors (Lipinski definition) is 2. The van der Waals surface area contributed by atoms with E-state index in [4.69, 9.17) is 16.3 Å². The Morgan fingerprint density at radius 2 is 2.13 bits per heavy atom. The predicted octanol–water partition coefficient (Wildman–Crippen LogP) is 3.72. The van der Waals surface area contributed by atoms with Crippen molar-refractivity contribution in [2.45, 2.75) is 32.8 Å². The van der Waals surface area contributed by atoms with Crippen molar-refractivity contribution in [2.75, 3.05) is 0 Å². The first-order valence-corrected chi connectivity index (χ1v) is 5.30. The molecule has 82 valence electrons. The van der Waals surface area contributed by atoms with Gasteiger partial charge in [0.05, 0.1) is 5.56 Å². The van der Waals surface area contributed by atoms with Gasteiger partial charge in [-0.1, -0.05) is 18.5 Å². The van der Waals surface area contributed by atoms with Gasteiger partial charge in [-0.15, -0.1) is 0 Å². The van der Waals surface area contributed by atoms with Crippen molar-refractivity contribution < 1.29 is 9.53 Å². The number of carbonyl (C=O) groups is 1. The monoisotopic (exact) mass is 226 g/mol. The Morgan fingerprint density at radius 3 is 2.67 bits per heavy atom. The summed E-state index contributed by atoms with van der Waals surface area (Å²) >= 11 is 5.79. The van der Waals surface area contributed by atoms with Crippen LogP contribution in [0.5, 0.6) is 5.75 Å². The lowest BCUT2D eigenvalue weighted by atomic mass is 10.1. The van der Waals surface area contributed by atoms with E-state index in [2.05, 4.69) is 0 Å². The van der Waals surface area contributed by atoms with Crippen LogP contribution in [0.15, 0.2) is 18.2 Å². The second-order valence-electron chi connectivity index (χ2n) is 4.02. The van der Waals surface area contributed by atoms with Gasteiger partial charge in [0, 0.05) is 5.02 Å². The van der Waals surface area contributed by atoms with Crippen molar-refractivity contribution in [3.05, 3.63) is 28.8 Å². The van der Waals surface area contributed by atoms with Crippen LogP contribution in [-0.2, 0) is 0 Å². The highest BCUT2D eigenvalue weighted by molar-refractivity contribution is 6.30. The third-order valence-electron chi connectivity index (χ3n) is 2.34. The van der Waals surface area contributed by atoms with Crippen LogP contribution in [0.4, 0.5) is 0 Å². The molecule has 0 bridgehead atoms. The van der Waals surface area contributed by atoms with Crippen LogP contribution in [0.1, 0.15) is 37.6 Å². The van der Waals surface area contributed by atoms with Gasteiger partial charge in [-0.05, 0) is 38.5 Å². The Kier molecular flexibility index (Phi) is 3.75. The van der Waals surface area contributed by atoms with Crippen molar-refractivity contribution in [3.8, 4) is 5.75 Å². The third-order valence-corrected chi connectivity index (χ3v) is 2.57. The van der Waals surface area contributed by atoms with Gasteiger partial charge in [0.25, 0.3) is 0 Å². The summed E-state index contributed by atoms with van der Waals surface area (Å²) in [5.41, 5.74) is 0.218. The maximum absolute atomic E-state index is 10.8. The molecule has 0 heterocycles. The predicted molar refractivity (Wildman–Crippen MR) is 61.8 cm³/mol. The van der Waals surface area contributed by atoms with Crippen molar-refractivity contribution in [2.24, 2.45) is 0 Å². The van der Waals surface area contributed by atoms with Gasteiger partial charge < -0.3 is 4.74 Å². The summed E-state index contributed by atoms with van der Waals surface area (Å²) in [4.78, 5) is 10.8. The minimum atomic E-state index is -0.272. The van der Waals surface area contributed by atoms with E-state index >= 15 is 0 Å². The Morgan fingerprint density at radius 1 is 1.47 bits per heavy atom. The van der Waals surface area contributed by atoms with Gasteiger partial charge in [0.2, 0.25) is 0 Å². The first-order chi connectivity index (χ1) is 6.98. The van der Waals surface area contributed by atoms with E-state index in [0.29, 0.717) is 16.3 Å². The van der Waals surface area contributed by atoms with Crippen LogP contribution in [0.2, 0.25) is 5.02 Å². The van der Waals surface area contributed by atoms with Crippen LogP contribution < -0.4 is 4.74 Å². The minimum absolute atomic E-state index is 0.272. The molecule has 0 spiro atoms. The smallest absolute Gasteiger partial charge is 0.153 e. The molecule has 15 heavy (non-hydrogen) atoms. The summed E-state index contributed by atoms with van der Waals surface area (Å²) < 4.78 is 5.74. The van der Waals surface area contributed by atoms with Gasteiger partial charge in [-0.25, -0.2) is 0 Å². The van der Waals surface area contributed by atoms with E-state index < -0.39 is 0 Å². The number of aldehydes is 1. The number of benzene rings is 1. The third kappa shape index (κ3) is 3.24. The van der Waals surface area contributed by atoms with Crippen LogP contribution in [0.25, 0.3) is 0 Å². The van der Waals surface area contributed by atoms with E-state index in [9.17, 15) is 4.79 Å². The molecule has 0 radical (unpaired) electrons. The second kappa shape index (κ2) is 4.67. The molecule has 0 unspecified atom stereocenters. The first-order valence-electron chi connectivity index (χ1n) is 4.92. The molecule has 1 aromatic carbocycles. The van der Waals surface area contributed by atoms with Gasteiger partial charge in [-0.3, -0.25) is 4.79 Å². The van der Waals surface area contributed by atoms with E-state index in [1.807, 2.05) is 20.8 Å². The van der Waals surface area contributed by atoms with Gasteiger partial charge in [0.15, 0.2) is 6.29 Å². The molecule has 0 saturated heterocycles. The topological polar surface area (TPSA) is 26.3 Å². The normalized spacial score (nSPS) is 11.2. The molecule has 0 amide bonds. The van der Waals surface area contributed by atoms with E-state index in [0.717, 1.165) is 12.7 Å².